The first-order chi connectivity index (χ1) is 8.93. The average molecular weight is 264 g/mol. The number of benzene rings is 1. The van der Waals surface area contributed by atoms with Gasteiger partial charge in [0.1, 0.15) is 0 Å². The fraction of sp³-hybridized carbons (Fsp3) is 0.308. The van der Waals surface area contributed by atoms with Gasteiger partial charge in [-0.15, -0.1) is 0 Å². The number of rotatable bonds is 5. The van der Waals surface area contributed by atoms with E-state index in [0.717, 1.165) is 0 Å². The van der Waals surface area contributed by atoms with E-state index in [-0.39, 0.29) is 6.42 Å². The number of hydrogen-bond donors (Lipinski definition) is 2. The van der Waals surface area contributed by atoms with E-state index < -0.39 is 23.9 Å². The highest BCUT2D eigenvalue weighted by molar-refractivity contribution is 5.96. The molecular formula is C13H16N2O4. The molecule has 0 spiro atoms. The van der Waals surface area contributed by atoms with Crippen molar-refractivity contribution in [3.05, 3.63) is 29.8 Å². The summed E-state index contributed by atoms with van der Waals surface area (Å²) in [6, 6.07) is 6.10. The third kappa shape index (κ3) is 4.42. The number of ether oxygens (including phenoxy) is 1. The summed E-state index contributed by atoms with van der Waals surface area (Å²) in [5.74, 6) is -1.41. The minimum absolute atomic E-state index is 0.213. The van der Waals surface area contributed by atoms with Crippen molar-refractivity contribution in [3.63, 3.8) is 0 Å². The number of nitrogens with one attached hydrogen (secondary N) is 1. The van der Waals surface area contributed by atoms with Crippen LogP contribution >= 0.6 is 0 Å². The molecule has 0 saturated heterocycles. The molecule has 3 N–H and O–H groups in total. The smallest absolute Gasteiger partial charge is 0.306 e. The van der Waals surface area contributed by atoms with Crippen molar-refractivity contribution in [2.24, 2.45) is 5.73 Å². The highest BCUT2D eigenvalue weighted by Crippen LogP contribution is 2.10. The van der Waals surface area contributed by atoms with Crippen LogP contribution in [0.15, 0.2) is 24.3 Å². The zero-order valence-corrected chi connectivity index (χ0v) is 10.8. The summed E-state index contributed by atoms with van der Waals surface area (Å²) in [5, 5.41) is 2.57. The fourth-order valence-electron chi connectivity index (χ4n) is 1.30. The molecule has 102 valence electrons. The summed E-state index contributed by atoms with van der Waals surface area (Å²) < 4.78 is 4.87. The van der Waals surface area contributed by atoms with Gasteiger partial charge in [0, 0.05) is 17.7 Å². The van der Waals surface area contributed by atoms with Crippen molar-refractivity contribution < 1.29 is 19.1 Å². The van der Waals surface area contributed by atoms with E-state index in [9.17, 15) is 14.4 Å². The summed E-state index contributed by atoms with van der Waals surface area (Å²) in [6.07, 6.45) is -0.659. The Morgan fingerprint density at radius 2 is 1.84 bits per heavy atom. The first-order valence-corrected chi connectivity index (χ1v) is 5.84. The largest absolute Gasteiger partial charge is 0.453 e. The molecule has 0 bridgehead atoms. The number of nitrogens with two attached hydrogens (primary N) is 1. The van der Waals surface area contributed by atoms with Gasteiger partial charge in [-0.2, -0.15) is 0 Å². The number of amides is 2. The van der Waals surface area contributed by atoms with Crippen LogP contribution in [0.4, 0.5) is 5.69 Å². The molecule has 6 heteroatoms. The highest BCUT2D eigenvalue weighted by Gasteiger charge is 2.16. The second-order valence-corrected chi connectivity index (χ2v) is 3.92. The molecule has 1 aromatic carbocycles. The van der Waals surface area contributed by atoms with E-state index in [2.05, 4.69) is 5.32 Å². The Balaban J connectivity index is 2.61. The van der Waals surface area contributed by atoms with Crippen LogP contribution in [0, 0.1) is 0 Å². The fourth-order valence-corrected chi connectivity index (χ4v) is 1.30. The van der Waals surface area contributed by atoms with Gasteiger partial charge in [0.25, 0.3) is 5.91 Å². The molecule has 0 heterocycles. The first-order valence-electron chi connectivity index (χ1n) is 5.84. The SMILES string of the molecule is CCC(=O)O[C@@H](C)C(=O)Nc1ccc(C(N)=O)cc1. The van der Waals surface area contributed by atoms with Crippen molar-refractivity contribution in [1.82, 2.24) is 0 Å². The maximum Gasteiger partial charge on any atom is 0.306 e. The van der Waals surface area contributed by atoms with Crippen LogP contribution in [-0.4, -0.2) is 23.9 Å². The summed E-state index contributed by atoms with van der Waals surface area (Å²) in [7, 11) is 0. The summed E-state index contributed by atoms with van der Waals surface area (Å²) in [4.78, 5) is 33.6. The molecule has 0 radical (unpaired) electrons. The van der Waals surface area contributed by atoms with Gasteiger partial charge in [-0.05, 0) is 31.2 Å². The lowest BCUT2D eigenvalue weighted by atomic mass is 10.2. The minimum Gasteiger partial charge on any atom is -0.453 e. The first kappa shape index (κ1) is 14.7. The summed E-state index contributed by atoms with van der Waals surface area (Å²) >= 11 is 0. The van der Waals surface area contributed by atoms with E-state index in [1.165, 1.54) is 19.1 Å². The van der Waals surface area contributed by atoms with Gasteiger partial charge in [0.2, 0.25) is 5.91 Å². The van der Waals surface area contributed by atoms with Gasteiger partial charge >= 0.3 is 5.97 Å². The van der Waals surface area contributed by atoms with Crippen LogP contribution in [0.2, 0.25) is 0 Å². The van der Waals surface area contributed by atoms with Crippen molar-refractivity contribution in [2.75, 3.05) is 5.32 Å². The predicted octanol–water partition coefficient (Wildman–Crippen LogP) is 1.07. The van der Waals surface area contributed by atoms with Gasteiger partial charge in [-0.1, -0.05) is 6.92 Å². The molecular weight excluding hydrogens is 248 g/mol. The van der Waals surface area contributed by atoms with E-state index in [0.29, 0.717) is 11.3 Å². The summed E-state index contributed by atoms with van der Waals surface area (Å²) in [6.45, 7) is 3.14. The van der Waals surface area contributed by atoms with E-state index in [1.54, 1.807) is 19.1 Å². The van der Waals surface area contributed by atoms with Gasteiger partial charge in [0.05, 0.1) is 0 Å². The molecule has 0 saturated carbocycles. The highest BCUT2D eigenvalue weighted by atomic mass is 16.5. The van der Waals surface area contributed by atoms with Gasteiger partial charge < -0.3 is 15.8 Å². The lowest BCUT2D eigenvalue weighted by Crippen LogP contribution is -2.29. The lowest BCUT2D eigenvalue weighted by Gasteiger charge is -2.13. The third-order valence-corrected chi connectivity index (χ3v) is 2.40. The van der Waals surface area contributed by atoms with Crippen LogP contribution in [-0.2, 0) is 14.3 Å². The molecule has 1 rings (SSSR count). The second kappa shape index (κ2) is 6.53. The van der Waals surface area contributed by atoms with Crippen LogP contribution in [0.1, 0.15) is 30.6 Å². The monoisotopic (exact) mass is 264 g/mol. The Bertz CT molecular complexity index is 482. The van der Waals surface area contributed by atoms with Crippen LogP contribution in [0.5, 0.6) is 0 Å². The van der Waals surface area contributed by atoms with Crippen molar-refractivity contribution in [3.8, 4) is 0 Å². The molecule has 0 aliphatic rings. The van der Waals surface area contributed by atoms with Crippen LogP contribution in [0.25, 0.3) is 0 Å². The Kier molecular flexibility index (Phi) is 5.05. The molecule has 0 aliphatic carbocycles. The maximum atomic E-state index is 11.7. The number of esters is 1. The molecule has 0 fully saturated rings. The second-order valence-electron chi connectivity index (χ2n) is 3.92. The molecule has 0 aromatic heterocycles. The standard InChI is InChI=1S/C13H16N2O4/c1-3-11(16)19-8(2)13(18)15-10-6-4-9(5-7-10)12(14)17/h4-8H,3H2,1-2H3,(H2,14,17)(H,15,18)/t8-/m0/s1. The molecule has 0 unspecified atom stereocenters. The quantitative estimate of drug-likeness (QED) is 0.777. The minimum atomic E-state index is -0.872. The Hall–Kier alpha value is -2.37. The number of primary amides is 1. The predicted molar refractivity (Wildman–Crippen MR) is 69.4 cm³/mol. The zero-order valence-electron chi connectivity index (χ0n) is 10.8. The number of anilines is 1. The molecule has 1 atom stereocenters. The van der Waals surface area contributed by atoms with Gasteiger partial charge in [-0.3, -0.25) is 14.4 Å². The van der Waals surface area contributed by atoms with Crippen molar-refractivity contribution in [2.45, 2.75) is 26.4 Å². The van der Waals surface area contributed by atoms with Crippen LogP contribution < -0.4 is 11.1 Å². The van der Waals surface area contributed by atoms with Crippen LogP contribution in [0.3, 0.4) is 0 Å². The van der Waals surface area contributed by atoms with E-state index in [4.69, 9.17) is 10.5 Å². The molecule has 1 aromatic rings. The number of carbonyl (C=O) groups is 3. The van der Waals surface area contributed by atoms with Gasteiger partial charge in [0.15, 0.2) is 6.10 Å². The Labute approximate surface area is 110 Å². The molecule has 6 nitrogen and oxygen atoms in total. The summed E-state index contributed by atoms with van der Waals surface area (Å²) in [5.41, 5.74) is 5.94. The molecule has 0 aliphatic heterocycles. The lowest BCUT2D eigenvalue weighted by molar-refractivity contribution is -0.152. The normalized spacial score (nSPS) is 11.5. The average Bonchev–Trinajstić information content (AvgIpc) is 2.38. The van der Waals surface area contributed by atoms with E-state index in [1.807, 2.05) is 0 Å². The van der Waals surface area contributed by atoms with Crippen molar-refractivity contribution >= 4 is 23.5 Å². The topological polar surface area (TPSA) is 98.5 Å². The molecule has 2 amide bonds. The van der Waals surface area contributed by atoms with E-state index >= 15 is 0 Å². The Morgan fingerprint density at radius 1 is 1.26 bits per heavy atom. The number of hydrogen-bond acceptors (Lipinski definition) is 4. The Morgan fingerprint density at radius 3 is 2.32 bits per heavy atom. The maximum absolute atomic E-state index is 11.7. The molecule has 19 heavy (non-hydrogen) atoms. The third-order valence-electron chi connectivity index (χ3n) is 2.40. The van der Waals surface area contributed by atoms with Gasteiger partial charge in [-0.25, -0.2) is 0 Å². The number of carbonyl (C=O) groups excluding carboxylic acids is 3. The van der Waals surface area contributed by atoms with Crippen molar-refractivity contribution in [1.29, 1.82) is 0 Å². The zero-order chi connectivity index (χ0) is 14.4.